The molecule has 2 aromatic heterocycles. The van der Waals surface area contributed by atoms with Crippen molar-refractivity contribution in [3.8, 4) is 22.8 Å². The Morgan fingerprint density at radius 3 is 1.97 bits per heavy atom. The van der Waals surface area contributed by atoms with Crippen LogP contribution in [0.15, 0.2) is 73.1 Å². The second kappa shape index (κ2) is 9.29. The number of benzene rings is 2. The molecule has 0 aliphatic heterocycles. The zero-order valence-electron chi connectivity index (χ0n) is 18.0. The minimum absolute atomic E-state index is 0.200. The van der Waals surface area contributed by atoms with Crippen LogP contribution < -0.4 is 5.73 Å². The van der Waals surface area contributed by atoms with Gasteiger partial charge in [-0.25, -0.2) is 9.67 Å². The average Bonchev–Trinajstić information content (AvgIpc) is 3.25. The van der Waals surface area contributed by atoms with Crippen molar-refractivity contribution in [2.24, 2.45) is 5.73 Å². The molecule has 2 aromatic carbocycles. The molecule has 0 radical (unpaired) electrons. The van der Waals surface area contributed by atoms with Crippen LogP contribution >= 0.6 is 0 Å². The summed E-state index contributed by atoms with van der Waals surface area (Å²) in [4.78, 5) is 20.1. The first kappa shape index (κ1) is 24.6. The minimum Gasteiger partial charge on any atom is -0.366 e. The molecule has 0 aliphatic carbocycles. The van der Waals surface area contributed by atoms with E-state index < -0.39 is 52.2 Å². The number of rotatable bonds is 5. The lowest BCUT2D eigenvalue weighted by Crippen LogP contribution is -2.14. The van der Waals surface area contributed by atoms with E-state index in [2.05, 4.69) is 15.1 Å². The lowest BCUT2D eigenvalue weighted by atomic mass is 10.1. The fourth-order valence-corrected chi connectivity index (χ4v) is 3.49. The largest absolute Gasteiger partial charge is 0.417 e. The molecule has 12 heteroatoms. The number of primary amides is 1. The minimum atomic E-state index is -4.81. The summed E-state index contributed by atoms with van der Waals surface area (Å²) in [6.45, 7) is 0. The molecular weight excluding hydrogens is 488 g/mol. The molecule has 0 bridgehead atoms. The Morgan fingerprint density at radius 1 is 0.833 bits per heavy atom. The van der Waals surface area contributed by atoms with Crippen LogP contribution in [0.4, 0.5) is 26.3 Å². The summed E-state index contributed by atoms with van der Waals surface area (Å²) in [5, 5.41) is 4.04. The fraction of sp³-hybridized carbons (Fsp3) is 0.0833. The Kier molecular flexibility index (Phi) is 6.35. The monoisotopic (exact) mass is 503 g/mol. The predicted octanol–water partition coefficient (Wildman–Crippen LogP) is 5.53. The van der Waals surface area contributed by atoms with Crippen molar-refractivity contribution in [3.05, 3.63) is 89.7 Å². The molecule has 0 saturated heterocycles. The van der Waals surface area contributed by atoms with Gasteiger partial charge in [0.25, 0.3) is 5.91 Å². The molecule has 6 nitrogen and oxygen atoms in total. The summed E-state index contributed by atoms with van der Waals surface area (Å²) in [5.41, 5.74) is 2.41. The highest BCUT2D eigenvalue weighted by Gasteiger charge is 2.37. The quantitative estimate of drug-likeness (QED) is 0.287. The molecular formula is C24H15F6N5O. The number of aromatic nitrogens is 4. The van der Waals surface area contributed by atoms with Crippen LogP contribution in [-0.2, 0) is 17.1 Å². The van der Waals surface area contributed by atoms with Gasteiger partial charge in [-0.05, 0) is 18.2 Å². The van der Waals surface area contributed by atoms with Crippen molar-refractivity contribution in [3.63, 3.8) is 0 Å². The van der Waals surface area contributed by atoms with E-state index in [1.807, 2.05) is 0 Å². The zero-order valence-corrected chi connectivity index (χ0v) is 18.0. The number of halogens is 6. The van der Waals surface area contributed by atoms with Crippen molar-refractivity contribution in [1.82, 2.24) is 19.7 Å². The van der Waals surface area contributed by atoms with Gasteiger partial charge in [-0.1, -0.05) is 42.5 Å². The molecule has 0 fully saturated rings. The van der Waals surface area contributed by atoms with Gasteiger partial charge in [0.15, 0.2) is 11.6 Å². The molecule has 0 aliphatic rings. The van der Waals surface area contributed by atoms with Crippen LogP contribution in [0.1, 0.15) is 16.7 Å². The smallest absolute Gasteiger partial charge is 0.366 e. The van der Waals surface area contributed by atoms with E-state index in [0.29, 0.717) is 0 Å². The Bertz CT molecular complexity index is 1440. The lowest BCUT2D eigenvalue weighted by molar-refractivity contribution is -0.137. The van der Waals surface area contributed by atoms with Crippen molar-refractivity contribution in [2.75, 3.05) is 0 Å². The highest BCUT2D eigenvalue weighted by atomic mass is 19.4. The fourth-order valence-electron chi connectivity index (χ4n) is 3.49. The summed E-state index contributed by atoms with van der Waals surface area (Å²) in [7, 11) is 0. The molecule has 0 saturated carbocycles. The van der Waals surface area contributed by atoms with Gasteiger partial charge in [0.2, 0.25) is 0 Å². The van der Waals surface area contributed by atoms with Crippen molar-refractivity contribution in [1.29, 1.82) is 0 Å². The van der Waals surface area contributed by atoms with Gasteiger partial charge in [-0.15, -0.1) is 5.10 Å². The Labute approximate surface area is 199 Å². The Hall–Kier alpha value is -4.48. The number of hydrogen-bond acceptors (Lipinski definition) is 4. The highest BCUT2D eigenvalue weighted by Crippen LogP contribution is 2.39. The lowest BCUT2D eigenvalue weighted by Gasteiger charge is -2.12. The van der Waals surface area contributed by atoms with Crippen molar-refractivity contribution < 1.29 is 31.1 Å². The van der Waals surface area contributed by atoms with Crippen LogP contribution in [-0.4, -0.2) is 25.7 Å². The Balaban J connectivity index is 2.02. The summed E-state index contributed by atoms with van der Waals surface area (Å²) in [5.74, 6) is -1.91. The first-order valence-electron chi connectivity index (χ1n) is 10.2. The molecule has 184 valence electrons. The number of hydrogen-bond donors (Lipinski definition) is 1. The number of nitrogens with two attached hydrogens (primary N) is 1. The Morgan fingerprint density at radius 2 is 1.42 bits per heavy atom. The van der Waals surface area contributed by atoms with Crippen LogP contribution in [0, 0.1) is 0 Å². The van der Waals surface area contributed by atoms with E-state index >= 15 is 0 Å². The second-order valence-electron chi connectivity index (χ2n) is 7.44. The third kappa shape index (κ3) is 4.97. The van der Waals surface area contributed by atoms with Gasteiger partial charge in [0.05, 0.1) is 16.7 Å². The van der Waals surface area contributed by atoms with Gasteiger partial charge in [-0.3, -0.25) is 9.78 Å². The van der Waals surface area contributed by atoms with E-state index in [0.717, 1.165) is 47.3 Å². The van der Waals surface area contributed by atoms with Crippen LogP contribution in [0.5, 0.6) is 0 Å². The molecule has 1 amide bonds. The summed E-state index contributed by atoms with van der Waals surface area (Å²) in [6.07, 6.45) is -5.87. The summed E-state index contributed by atoms with van der Waals surface area (Å²) < 4.78 is 83.0. The molecule has 36 heavy (non-hydrogen) atoms. The van der Waals surface area contributed by atoms with Crippen LogP contribution in [0.2, 0.25) is 0 Å². The molecule has 0 atom stereocenters. The average molecular weight is 503 g/mol. The SMILES string of the molecule is NC(=O)/C(=C/n1nc(-c2ccccc2C(F)(F)F)nc1-c1ccccc1C(F)(F)F)c1cccnc1. The topological polar surface area (TPSA) is 86.7 Å². The second-order valence-corrected chi connectivity index (χ2v) is 7.44. The van der Waals surface area contributed by atoms with Gasteiger partial charge < -0.3 is 5.73 Å². The standard InChI is InChI=1S/C24H15F6N5O/c25-23(26,27)18-9-3-1-7-15(18)21-33-22(16-8-2-4-10-19(16)24(28,29)30)35(34-21)13-17(20(31)36)14-6-5-11-32-12-14/h1-13H,(H2,31,36)/b17-13+. The summed E-state index contributed by atoms with van der Waals surface area (Å²) >= 11 is 0. The van der Waals surface area contributed by atoms with E-state index in [-0.39, 0.29) is 11.1 Å². The van der Waals surface area contributed by atoms with Gasteiger partial charge in [0, 0.05) is 35.3 Å². The highest BCUT2D eigenvalue weighted by molar-refractivity contribution is 6.22. The van der Waals surface area contributed by atoms with Crippen molar-refractivity contribution in [2.45, 2.75) is 12.4 Å². The first-order chi connectivity index (χ1) is 17.0. The number of carbonyl (C=O) groups is 1. The number of carbonyl (C=O) groups excluding carboxylic acids is 1. The maximum atomic E-state index is 13.8. The summed E-state index contributed by atoms with van der Waals surface area (Å²) in [6, 6.07) is 11.7. The first-order valence-corrected chi connectivity index (χ1v) is 10.2. The third-order valence-corrected chi connectivity index (χ3v) is 5.07. The van der Waals surface area contributed by atoms with Gasteiger partial charge >= 0.3 is 12.4 Å². The molecule has 0 unspecified atom stereocenters. The molecule has 4 aromatic rings. The molecule has 2 N–H and O–H groups in total. The van der Waals surface area contributed by atoms with Gasteiger partial charge in [0.1, 0.15) is 0 Å². The van der Waals surface area contributed by atoms with Crippen molar-refractivity contribution >= 4 is 17.7 Å². The maximum Gasteiger partial charge on any atom is 0.417 e. The predicted molar refractivity (Wildman–Crippen MR) is 118 cm³/mol. The number of pyridine rings is 1. The maximum absolute atomic E-state index is 13.8. The molecule has 0 spiro atoms. The molecule has 4 rings (SSSR count). The van der Waals surface area contributed by atoms with Crippen LogP contribution in [0.3, 0.4) is 0 Å². The van der Waals surface area contributed by atoms with E-state index in [4.69, 9.17) is 5.73 Å². The van der Waals surface area contributed by atoms with E-state index in [9.17, 15) is 31.1 Å². The van der Waals surface area contributed by atoms with Crippen LogP contribution in [0.25, 0.3) is 34.5 Å². The van der Waals surface area contributed by atoms with Gasteiger partial charge in [-0.2, -0.15) is 26.3 Å². The normalized spacial score (nSPS) is 12.6. The number of amides is 1. The number of nitrogens with zero attached hydrogens (tertiary/aromatic N) is 4. The van der Waals surface area contributed by atoms with E-state index in [1.165, 1.54) is 36.7 Å². The van der Waals surface area contributed by atoms with E-state index in [1.54, 1.807) is 0 Å². The third-order valence-electron chi connectivity index (χ3n) is 5.07. The zero-order chi connectivity index (χ0) is 26.1. The molecule has 2 heterocycles. The number of alkyl halides is 6.